The summed E-state index contributed by atoms with van der Waals surface area (Å²) in [5.74, 6) is 0.0861. The van der Waals surface area contributed by atoms with Crippen molar-refractivity contribution in [3.05, 3.63) is 30.0 Å². The van der Waals surface area contributed by atoms with Crippen molar-refractivity contribution in [2.45, 2.75) is 19.4 Å². The molecule has 1 aliphatic heterocycles. The van der Waals surface area contributed by atoms with Crippen molar-refractivity contribution in [1.82, 2.24) is 20.4 Å². The predicted molar refractivity (Wildman–Crippen MR) is 74.1 cm³/mol. The smallest absolute Gasteiger partial charge is 0.254 e. The third-order valence-corrected chi connectivity index (χ3v) is 3.73. The summed E-state index contributed by atoms with van der Waals surface area (Å²) >= 11 is 0. The second kappa shape index (κ2) is 4.35. The highest BCUT2D eigenvalue weighted by molar-refractivity contribution is 5.98. The number of hydrogen-bond acceptors (Lipinski definition) is 3. The molecule has 1 amide bonds. The Kier molecular flexibility index (Phi) is 2.78. The van der Waals surface area contributed by atoms with Crippen LogP contribution in [0.2, 0.25) is 0 Å². The lowest BCUT2D eigenvalue weighted by Gasteiger charge is -2.42. The Bertz CT molecular complexity index is 617. The first-order chi connectivity index (χ1) is 9.08. The van der Waals surface area contributed by atoms with Crippen LogP contribution in [-0.4, -0.2) is 46.2 Å². The summed E-state index contributed by atoms with van der Waals surface area (Å²) in [4.78, 5) is 14.6. The van der Waals surface area contributed by atoms with Gasteiger partial charge in [-0.15, -0.1) is 0 Å². The van der Waals surface area contributed by atoms with Gasteiger partial charge < -0.3 is 10.2 Å². The van der Waals surface area contributed by atoms with Gasteiger partial charge in [0.15, 0.2) is 0 Å². The van der Waals surface area contributed by atoms with Gasteiger partial charge in [-0.25, -0.2) is 0 Å². The number of hydrogen-bond donors (Lipinski definition) is 2. The summed E-state index contributed by atoms with van der Waals surface area (Å²) in [6.07, 6.45) is 1.76. The third-order valence-electron chi connectivity index (χ3n) is 3.73. The molecule has 1 aliphatic rings. The molecule has 2 N–H and O–H groups in total. The molecule has 2 aromatic rings. The minimum Gasteiger partial charge on any atom is -0.331 e. The predicted octanol–water partition coefficient (Wildman–Crippen LogP) is 1.39. The van der Waals surface area contributed by atoms with Gasteiger partial charge in [-0.05, 0) is 26.0 Å². The van der Waals surface area contributed by atoms with Crippen molar-refractivity contribution in [1.29, 1.82) is 0 Å². The Morgan fingerprint density at radius 1 is 1.42 bits per heavy atom. The number of aromatic nitrogens is 2. The molecule has 2 heterocycles. The van der Waals surface area contributed by atoms with Gasteiger partial charge in [0.25, 0.3) is 5.91 Å². The summed E-state index contributed by atoms with van der Waals surface area (Å²) in [7, 11) is 0. The fourth-order valence-electron chi connectivity index (χ4n) is 2.59. The molecule has 100 valence electrons. The van der Waals surface area contributed by atoms with E-state index in [9.17, 15) is 4.79 Å². The number of fused-ring (bicyclic) bond motifs is 1. The maximum Gasteiger partial charge on any atom is 0.254 e. The maximum absolute atomic E-state index is 12.6. The molecule has 0 atom stereocenters. The van der Waals surface area contributed by atoms with Crippen LogP contribution in [0.1, 0.15) is 24.2 Å². The van der Waals surface area contributed by atoms with Crippen LogP contribution in [0.5, 0.6) is 0 Å². The van der Waals surface area contributed by atoms with Gasteiger partial charge in [0.1, 0.15) is 0 Å². The fourth-order valence-corrected chi connectivity index (χ4v) is 2.59. The number of H-pyrrole nitrogens is 1. The van der Waals surface area contributed by atoms with E-state index in [4.69, 9.17) is 0 Å². The summed E-state index contributed by atoms with van der Waals surface area (Å²) in [5.41, 5.74) is 1.46. The number of piperazine rings is 1. The Morgan fingerprint density at radius 3 is 3.05 bits per heavy atom. The van der Waals surface area contributed by atoms with Gasteiger partial charge in [-0.3, -0.25) is 9.89 Å². The maximum atomic E-state index is 12.6. The zero-order valence-electron chi connectivity index (χ0n) is 11.2. The Hall–Kier alpha value is -1.88. The molecule has 0 unspecified atom stereocenters. The molecule has 3 rings (SSSR count). The number of aromatic amines is 1. The van der Waals surface area contributed by atoms with E-state index in [2.05, 4.69) is 29.4 Å². The van der Waals surface area contributed by atoms with Crippen molar-refractivity contribution < 1.29 is 4.79 Å². The minimum absolute atomic E-state index is 0.0861. The molecule has 1 fully saturated rings. The molecule has 1 aromatic carbocycles. The summed E-state index contributed by atoms with van der Waals surface area (Å²) in [6, 6.07) is 5.68. The van der Waals surface area contributed by atoms with Crippen LogP contribution < -0.4 is 5.32 Å². The van der Waals surface area contributed by atoms with E-state index in [0.29, 0.717) is 5.56 Å². The van der Waals surface area contributed by atoms with Crippen LogP contribution >= 0.6 is 0 Å². The lowest BCUT2D eigenvalue weighted by molar-refractivity contribution is 0.0477. The Balaban J connectivity index is 1.94. The molecule has 0 saturated carbocycles. The van der Waals surface area contributed by atoms with E-state index < -0.39 is 0 Å². The van der Waals surface area contributed by atoms with Crippen LogP contribution in [0.4, 0.5) is 0 Å². The lowest BCUT2D eigenvalue weighted by Crippen LogP contribution is -2.59. The van der Waals surface area contributed by atoms with E-state index >= 15 is 0 Å². The van der Waals surface area contributed by atoms with Crippen LogP contribution in [0.25, 0.3) is 10.9 Å². The van der Waals surface area contributed by atoms with E-state index in [1.807, 2.05) is 23.1 Å². The average Bonchev–Trinajstić information content (AvgIpc) is 2.84. The van der Waals surface area contributed by atoms with Crippen molar-refractivity contribution in [3.8, 4) is 0 Å². The molecule has 5 nitrogen and oxygen atoms in total. The molecule has 0 aliphatic carbocycles. The first-order valence-electron chi connectivity index (χ1n) is 6.54. The molecule has 0 radical (unpaired) electrons. The standard InChI is InChI=1S/C14H18N4O/c1-14(2)9-15-5-6-18(14)13(19)10-3-4-11-8-16-17-12(11)7-10/h3-4,7-8,15H,5-6,9H2,1-2H3,(H,16,17). The van der Waals surface area contributed by atoms with Gasteiger partial charge in [0.2, 0.25) is 0 Å². The van der Waals surface area contributed by atoms with Crippen LogP contribution in [0.15, 0.2) is 24.4 Å². The summed E-state index contributed by atoms with van der Waals surface area (Å²) < 4.78 is 0. The van der Waals surface area contributed by atoms with Gasteiger partial charge >= 0.3 is 0 Å². The Morgan fingerprint density at radius 2 is 2.26 bits per heavy atom. The second-order valence-corrected chi connectivity index (χ2v) is 5.62. The van der Waals surface area contributed by atoms with Gasteiger partial charge in [-0.2, -0.15) is 5.10 Å². The van der Waals surface area contributed by atoms with Crippen LogP contribution in [0.3, 0.4) is 0 Å². The Labute approximate surface area is 112 Å². The molecular weight excluding hydrogens is 240 g/mol. The summed E-state index contributed by atoms with van der Waals surface area (Å²) in [6.45, 7) is 6.59. The van der Waals surface area contributed by atoms with Crippen LogP contribution in [-0.2, 0) is 0 Å². The number of amides is 1. The fraction of sp³-hybridized carbons (Fsp3) is 0.429. The zero-order chi connectivity index (χ0) is 13.5. The molecule has 5 heteroatoms. The number of carbonyl (C=O) groups excluding carboxylic acids is 1. The van der Waals surface area contributed by atoms with Gasteiger partial charge in [0.05, 0.1) is 17.3 Å². The number of benzene rings is 1. The van der Waals surface area contributed by atoms with Crippen molar-refractivity contribution >= 4 is 16.8 Å². The number of nitrogens with one attached hydrogen (secondary N) is 2. The molecule has 1 aromatic heterocycles. The van der Waals surface area contributed by atoms with E-state index in [1.54, 1.807) is 6.20 Å². The highest BCUT2D eigenvalue weighted by atomic mass is 16.2. The number of carbonyl (C=O) groups is 1. The first kappa shape index (κ1) is 12.2. The molecule has 19 heavy (non-hydrogen) atoms. The average molecular weight is 258 g/mol. The minimum atomic E-state index is -0.154. The van der Waals surface area contributed by atoms with Crippen LogP contribution in [0, 0.1) is 0 Å². The second-order valence-electron chi connectivity index (χ2n) is 5.62. The number of rotatable bonds is 1. The first-order valence-corrected chi connectivity index (χ1v) is 6.54. The van der Waals surface area contributed by atoms with E-state index in [-0.39, 0.29) is 11.4 Å². The third kappa shape index (κ3) is 2.10. The highest BCUT2D eigenvalue weighted by Gasteiger charge is 2.33. The van der Waals surface area contributed by atoms with Gasteiger partial charge in [-0.1, -0.05) is 6.07 Å². The summed E-state index contributed by atoms with van der Waals surface area (Å²) in [5, 5.41) is 11.2. The topological polar surface area (TPSA) is 61.0 Å². The molecule has 1 saturated heterocycles. The van der Waals surface area contributed by atoms with Crippen molar-refractivity contribution in [2.24, 2.45) is 0 Å². The molecule has 0 spiro atoms. The van der Waals surface area contributed by atoms with Crippen molar-refractivity contribution in [3.63, 3.8) is 0 Å². The number of nitrogens with zero attached hydrogens (tertiary/aromatic N) is 2. The molecule has 0 bridgehead atoms. The normalized spacial score (nSPS) is 18.7. The zero-order valence-corrected chi connectivity index (χ0v) is 11.2. The molecular formula is C14H18N4O. The van der Waals surface area contributed by atoms with E-state index in [0.717, 1.165) is 30.5 Å². The lowest BCUT2D eigenvalue weighted by atomic mass is 9.98. The largest absolute Gasteiger partial charge is 0.331 e. The van der Waals surface area contributed by atoms with E-state index in [1.165, 1.54) is 0 Å². The van der Waals surface area contributed by atoms with Crippen molar-refractivity contribution in [2.75, 3.05) is 19.6 Å². The SMILES string of the molecule is CC1(C)CNCCN1C(=O)c1ccc2cn[nH]c2c1. The monoisotopic (exact) mass is 258 g/mol. The van der Waals surface area contributed by atoms with Gasteiger partial charge in [0, 0.05) is 30.6 Å². The highest BCUT2D eigenvalue weighted by Crippen LogP contribution is 2.21. The quantitative estimate of drug-likeness (QED) is 0.812.